The number of methoxy groups -OCH3 is 3. The zero-order valence-corrected chi connectivity index (χ0v) is 17.8. The van der Waals surface area contributed by atoms with Crippen molar-refractivity contribution < 1.29 is 27.4 Å². The highest BCUT2D eigenvalue weighted by Gasteiger charge is 2.35. The summed E-state index contributed by atoms with van der Waals surface area (Å²) in [7, 11) is 0.153. The molecule has 1 aliphatic heterocycles. The minimum absolute atomic E-state index is 0.0351. The Balaban J connectivity index is 2.00. The molecular weight excluding hydrogens is 412 g/mol. The first-order valence-corrected chi connectivity index (χ1v) is 10.7. The van der Waals surface area contributed by atoms with Crippen LogP contribution in [0.1, 0.15) is 30.1 Å². The van der Waals surface area contributed by atoms with E-state index in [1.165, 1.54) is 50.2 Å². The lowest BCUT2D eigenvalue weighted by atomic mass is 9.99. The van der Waals surface area contributed by atoms with Gasteiger partial charge in [-0.05, 0) is 36.6 Å². The van der Waals surface area contributed by atoms with Crippen LogP contribution in [0.5, 0.6) is 11.5 Å². The van der Waals surface area contributed by atoms with Gasteiger partial charge in [-0.15, -0.1) is 0 Å². The SMILES string of the molecule is COC(=O)/C=C\c1cc(OC)c(OC)c(S(=O)(=O)N2CCC[C@@H](c3ncn[nH]3)C2)c1. The van der Waals surface area contributed by atoms with Gasteiger partial charge in [0.15, 0.2) is 11.5 Å². The van der Waals surface area contributed by atoms with Crippen molar-refractivity contribution in [3.05, 3.63) is 35.9 Å². The van der Waals surface area contributed by atoms with E-state index in [0.717, 1.165) is 6.42 Å². The maximum Gasteiger partial charge on any atom is 0.330 e. The maximum atomic E-state index is 13.5. The number of H-pyrrole nitrogens is 1. The van der Waals surface area contributed by atoms with Crippen LogP contribution in [0.25, 0.3) is 6.08 Å². The molecule has 2 heterocycles. The topological polar surface area (TPSA) is 124 Å². The lowest BCUT2D eigenvalue weighted by Crippen LogP contribution is -2.39. The number of piperidine rings is 1. The molecule has 11 heteroatoms. The number of ether oxygens (including phenoxy) is 3. The third kappa shape index (κ3) is 4.46. The molecule has 162 valence electrons. The first-order chi connectivity index (χ1) is 14.4. The van der Waals surface area contributed by atoms with E-state index in [9.17, 15) is 13.2 Å². The summed E-state index contributed by atoms with van der Waals surface area (Å²) in [6.45, 7) is 0.645. The van der Waals surface area contributed by atoms with Gasteiger partial charge in [0, 0.05) is 25.1 Å². The monoisotopic (exact) mass is 436 g/mol. The minimum atomic E-state index is -3.91. The van der Waals surface area contributed by atoms with E-state index in [1.54, 1.807) is 6.07 Å². The molecule has 0 spiro atoms. The van der Waals surface area contributed by atoms with Crippen LogP contribution in [-0.4, -0.2) is 68.3 Å². The molecular formula is C19H24N4O6S. The van der Waals surface area contributed by atoms with Gasteiger partial charge < -0.3 is 14.2 Å². The van der Waals surface area contributed by atoms with Crippen LogP contribution in [0, 0.1) is 0 Å². The molecule has 0 radical (unpaired) electrons. The molecule has 1 fully saturated rings. The highest BCUT2D eigenvalue weighted by Crippen LogP contribution is 2.39. The number of hydrogen-bond acceptors (Lipinski definition) is 8. The fourth-order valence-corrected chi connectivity index (χ4v) is 5.13. The molecule has 1 N–H and O–H groups in total. The Hall–Kier alpha value is -2.92. The molecule has 10 nitrogen and oxygen atoms in total. The second kappa shape index (κ2) is 9.26. The highest BCUT2D eigenvalue weighted by atomic mass is 32.2. The van der Waals surface area contributed by atoms with Crippen LogP contribution >= 0.6 is 0 Å². The van der Waals surface area contributed by atoms with Crippen LogP contribution in [0.3, 0.4) is 0 Å². The largest absolute Gasteiger partial charge is 0.493 e. The van der Waals surface area contributed by atoms with Crippen molar-refractivity contribution in [2.45, 2.75) is 23.7 Å². The van der Waals surface area contributed by atoms with Gasteiger partial charge in [-0.3, -0.25) is 5.10 Å². The molecule has 1 atom stereocenters. The predicted molar refractivity (Wildman–Crippen MR) is 108 cm³/mol. The summed E-state index contributed by atoms with van der Waals surface area (Å²) in [5.74, 6) is 0.377. The summed E-state index contributed by atoms with van der Waals surface area (Å²) >= 11 is 0. The van der Waals surface area contributed by atoms with Crippen molar-refractivity contribution >= 4 is 22.1 Å². The lowest BCUT2D eigenvalue weighted by molar-refractivity contribution is -0.134. The number of nitrogens with one attached hydrogen (secondary N) is 1. The van der Waals surface area contributed by atoms with Crippen LogP contribution < -0.4 is 9.47 Å². The molecule has 1 aromatic heterocycles. The lowest BCUT2D eigenvalue weighted by Gasteiger charge is -2.31. The smallest absolute Gasteiger partial charge is 0.330 e. The Morgan fingerprint density at radius 1 is 1.27 bits per heavy atom. The number of aromatic nitrogens is 3. The second-order valence-electron chi connectivity index (χ2n) is 6.68. The Labute approximate surface area is 174 Å². The van der Waals surface area contributed by atoms with E-state index >= 15 is 0 Å². The second-order valence-corrected chi connectivity index (χ2v) is 8.59. The highest BCUT2D eigenvalue weighted by molar-refractivity contribution is 7.89. The van der Waals surface area contributed by atoms with Crippen LogP contribution in [0.2, 0.25) is 0 Å². The quantitative estimate of drug-likeness (QED) is 0.512. The van der Waals surface area contributed by atoms with Crippen molar-refractivity contribution in [1.29, 1.82) is 0 Å². The van der Waals surface area contributed by atoms with Gasteiger partial charge in [0.2, 0.25) is 10.0 Å². The van der Waals surface area contributed by atoms with Crippen molar-refractivity contribution in [2.75, 3.05) is 34.4 Å². The fourth-order valence-electron chi connectivity index (χ4n) is 3.40. The summed E-state index contributed by atoms with van der Waals surface area (Å²) in [5, 5.41) is 6.68. The molecule has 1 saturated heterocycles. The molecule has 0 aliphatic carbocycles. The van der Waals surface area contributed by atoms with Crippen molar-refractivity contribution in [2.24, 2.45) is 0 Å². The Bertz CT molecular complexity index is 1020. The summed E-state index contributed by atoms with van der Waals surface area (Å²) in [6, 6.07) is 3.04. The van der Waals surface area contributed by atoms with Gasteiger partial charge in [-0.2, -0.15) is 9.40 Å². The van der Waals surface area contributed by atoms with Crippen LogP contribution in [0.15, 0.2) is 29.4 Å². The average Bonchev–Trinajstić information content (AvgIpc) is 3.31. The summed E-state index contributed by atoms with van der Waals surface area (Å²) in [5.41, 5.74) is 0.459. The average molecular weight is 436 g/mol. The number of benzene rings is 1. The molecule has 0 amide bonds. The van der Waals surface area contributed by atoms with Gasteiger partial charge in [-0.1, -0.05) is 0 Å². The van der Waals surface area contributed by atoms with Gasteiger partial charge in [0.05, 0.1) is 21.3 Å². The van der Waals surface area contributed by atoms with E-state index in [2.05, 4.69) is 19.9 Å². The number of aromatic amines is 1. The molecule has 2 aromatic rings. The number of nitrogens with zero attached hydrogens (tertiary/aromatic N) is 3. The van der Waals surface area contributed by atoms with Gasteiger partial charge in [-0.25, -0.2) is 18.2 Å². The third-order valence-electron chi connectivity index (χ3n) is 4.90. The van der Waals surface area contributed by atoms with Crippen molar-refractivity contribution in [3.8, 4) is 11.5 Å². The molecule has 30 heavy (non-hydrogen) atoms. The zero-order valence-electron chi connectivity index (χ0n) is 17.0. The van der Waals surface area contributed by atoms with E-state index in [-0.39, 0.29) is 28.9 Å². The summed E-state index contributed by atoms with van der Waals surface area (Å²) in [6.07, 6.45) is 5.57. The maximum absolute atomic E-state index is 13.5. The number of sulfonamides is 1. The Morgan fingerprint density at radius 3 is 2.70 bits per heavy atom. The first-order valence-electron chi connectivity index (χ1n) is 9.28. The van der Waals surface area contributed by atoms with Crippen LogP contribution in [0.4, 0.5) is 0 Å². The number of carbonyl (C=O) groups excluding carboxylic acids is 1. The third-order valence-corrected chi connectivity index (χ3v) is 6.77. The molecule has 3 rings (SSSR count). The first kappa shape index (κ1) is 21.8. The van der Waals surface area contributed by atoms with E-state index in [1.807, 2.05) is 0 Å². The van der Waals surface area contributed by atoms with Crippen molar-refractivity contribution in [1.82, 2.24) is 19.5 Å². The van der Waals surface area contributed by atoms with E-state index in [0.29, 0.717) is 24.4 Å². The molecule has 0 bridgehead atoms. The number of carbonyl (C=O) groups is 1. The summed E-state index contributed by atoms with van der Waals surface area (Å²) < 4.78 is 43.8. The Kier molecular flexibility index (Phi) is 6.73. The normalized spacial score (nSPS) is 17.8. The number of rotatable bonds is 7. The molecule has 0 unspecified atom stereocenters. The molecule has 1 aliphatic rings. The predicted octanol–water partition coefficient (Wildman–Crippen LogP) is 1.58. The minimum Gasteiger partial charge on any atom is -0.493 e. The Morgan fingerprint density at radius 2 is 2.07 bits per heavy atom. The van der Waals surface area contributed by atoms with Gasteiger partial charge in [0.25, 0.3) is 0 Å². The van der Waals surface area contributed by atoms with Crippen molar-refractivity contribution in [3.63, 3.8) is 0 Å². The van der Waals surface area contributed by atoms with Crippen LogP contribution in [-0.2, 0) is 19.6 Å². The van der Waals surface area contributed by atoms with E-state index in [4.69, 9.17) is 9.47 Å². The molecule has 1 aromatic carbocycles. The standard InChI is InChI=1S/C19H24N4O6S/c1-27-15-9-13(6-7-17(24)28-2)10-16(18(15)29-3)30(25,26)23-8-4-5-14(11-23)19-20-12-21-22-19/h6-7,9-10,12,14H,4-5,8,11H2,1-3H3,(H,20,21,22)/b7-6-/t14-/m1/s1. The van der Waals surface area contributed by atoms with Gasteiger partial charge >= 0.3 is 5.97 Å². The van der Waals surface area contributed by atoms with E-state index < -0.39 is 16.0 Å². The number of esters is 1. The number of hydrogen-bond donors (Lipinski definition) is 1. The van der Waals surface area contributed by atoms with Gasteiger partial charge in [0.1, 0.15) is 17.0 Å². The summed E-state index contributed by atoms with van der Waals surface area (Å²) in [4.78, 5) is 15.6. The molecule has 0 saturated carbocycles. The fraction of sp³-hybridized carbons (Fsp3) is 0.421. The zero-order chi connectivity index (χ0) is 21.7.